The summed E-state index contributed by atoms with van der Waals surface area (Å²) < 4.78 is 1.90. The Labute approximate surface area is 170 Å². The Morgan fingerprint density at radius 3 is 2.86 bits per heavy atom. The summed E-state index contributed by atoms with van der Waals surface area (Å²) in [4.78, 5) is 5.06. The highest BCUT2D eigenvalue weighted by molar-refractivity contribution is 7.07. The van der Waals surface area contributed by atoms with Crippen molar-refractivity contribution in [2.24, 2.45) is 0 Å². The minimum atomic E-state index is 0.246. The minimum Gasteiger partial charge on any atom is -0.396 e. The average molecular weight is 397 g/mol. The van der Waals surface area contributed by atoms with Gasteiger partial charge in [-0.05, 0) is 65.1 Å². The zero-order chi connectivity index (χ0) is 19.3. The summed E-state index contributed by atoms with van der Waals surface area (Å²) in [5.41, 5.74) is 5.15. The Morgan fingerprint density at radius 1 is 1.21 bits per heavy atom. The third kappa shape index (κ3) is 4.52. The highest BCUT2D eigenvalue weighted by Crippen LogP contribution is 2.21. The van der Waals surface area contributed by atoms with Gasteiger partial charge in [-0.15, -0.1) is 0 Å². The van der Waals surface area contributed by atoms with E-state index < -0.39 is 0 Å². The molecule has 0 amide bonds. The first-order chi connectivity index (χ1) is 13.7. The largest absolute Gasteiger partial charge is 0.396 e. The fourth-order valence-corrected chi connectivity index (χ4v) is 4.67. The Morgan fingerprint density at radius 2 is 2.14 bits per heavy atom. The number of aromatic nitrogens is 2. The van der Waals surface area contributed by atoms with Gasteiger partial charge < -0.3 is 5.11 Å². The van der Waals surface area contributed by atoms with Gasteiger partial charge >= 0.3 is 0 Å². The predicted molar refractivity (Wildman–Crippen MR) is 114 cm³/mol. The molecule has 0 bridgehead atoms. The van der Waals surface area contributed by atoms with E-state index in [0.717, 1.165) is 44.8 Å². The molecule has 1 aliphatic rings. The summed E-state index contributed by atoms with van der Waals surface area (Å²) in [6.07, 6.45) is 4.61. The zero-order valence-corrected chi connectivity index (χ0v) is 17.2. The van der Waals surface area contributed by atoms with Gasteiger partial charge in [-0.2, -0.15) is 16.4 Å². The van der Waals surface area contributed by atoms with E-state index >= 15 is 0 Å². The van der Waals surface area contributed by atoms with Gasteiger partial charge in [-0.25, -0.2) is 4.68 Å². The van der Waals surface area contributed by atoms with Gasteiger partial charge in [0.05, 0.1) is 5.69 Å². The van der Waals surface area contributed by atoms with Gasteiger partial charge in [0.15, 0.2) is 0 Å². The van der Waals surface area contributed by atoms with E-state index in [9.17, 15) is 5.11 Å². The Kier molecular flexibility index (Phi) is 6.22. The van der Waals surface area contributed by atoms with Crippen LogP contribution in [0.4, 0.5) is 0 Å². The fraction of sp³-hybridized carbons (Fsp3) is 0.409. The molecule has 6 heteroatoms. The number of aryl methyl sites for hydroxylation is 1. The van der Waals surface area contributed by atoms with E-state index in [-0.39, 0.29) is 6.61 Å². The van der Waals surface area contributed by atoms with Crippen molar-refractivity contribution in [3.63, 3.8) is 0 Å². The number of thiophene rings is 1. The maximum Gasteiger partial charge on any atom is 0.0648 e. The van der Waals surface area contributed by atoms with Crippen LogP contribution in [0.3, 0.4) is 0 Å². The topological polar surface area (TPSA) is 44.5 Å². The van der Waals surface area contributed by atoms with Gasteiger partial charge in [-0.1, -0.05) is 6.07 Å². The molecule has 3 heterocycles. The summed E-state index contributed by atoms with van der Waals surface area (Å²) in [7, 11) is 0. The summed E-state index contributed by atoms with van der Waals surface area (Å²) >= 11 is 1.75. The minimum absolute atomic E-state index is 0.246. The quantitative estimate of drug-likeness (QED) is 0.665. The van der Waals surface area contributed by atoms with Gasteiger partial charge in [-0.3, -0.25) is 9.80 Å². The third-order valence-electron chi connectivity index (χ3n) is 5.61. The summed E-state index contributed by atoms with van der Waals surface area (Å²) in [5.74, 6) is 0. The molecule has 0 spiro atoms. The summed E-state index contributed by atoms with van der Waals surface area (Å²) in [5, 5.41) is 18.2. The fourth-order valence-electron chi connectivity index (χ4n) is 4.01. The molecule has 4 rings (SSSR count). The van der Waals surface area contributed by atoms with Crippen molar-refractivity contribution < 1.29 is 5.11 Å². The number of benzene rings is 1. The van der Waals surface area contributed by atoms with Gasteiger partial charge in [0.25, 0.3) is 0 Å². The van der Waals surface area contributed by atoms with Crippen molar-refractivity contribution in [3.8, 4) is 5.69 Å². The number of hydrogen-bond donors (Lipinski definition) is 1. The molecule has 1 saturated heterocycles. The van der Waals surface area contributed by atoms with Crippen molar-refractivity contribution >= 4 is 11.3 Å². The van der Waals surface area contributed by atoms with Gasteiger partial charge in [0.1, 0.15) is 0 Å². The van der Waals surface area contributed by atoms with Crippen LogP contribution < -0.4 is 0 Å². The second kappa shape index (κ2) is 9.01. The van der Waals surface area contributed by atoms with E-state index in [4.69, 9.17) is 0 Å². The molecular formula is C22H28N4OS. The van der Waals surface area contributed by atoms with E-state index in [0.29, 0.717) is 6.04 Å². The first-order valence-electron chi connectivity index (χ1n) is 9.91. The molecular weight excluding hydrogens is 368 g/mol. The van der Waals surface area contributed by atoms with Crippen molar-refractivity contribution in [1.29, 1.82) is 0 Å². The van der Waals surface area contributed by atoms with E-state index in [1.165, 1.54) is 16.7 Å². The SMILES string of the molecule is Cc1cc(-n2cccn2)ccc1CN1CCN(Cc2ccsc2)C(CCO)C1. The molecule has 2 aromatic heterocycles. The van der Waals surface area contributed by atoms with Crippen LogP contribution in [0.25, 0.3) is 5.69 Å². The van der Waals surface area contributed by atoms with Crippen LogP contribution in [-0.2, 0) is 13.1 Å². The van der Waals surface area contributed by atoms with E-state index in [2.05, 4.69) is 56.8 Å². The maximum atomic E-state index is 9.55. The molecule has 1 atom stereocenters. The van der Waals surface area contributed by atoms with Crippen molar-refractivity contribution in [2.45, 2.75) is 32.5 Å². The Bertz CT molecular complexity index is 863. The van der Waals surface area contributed by atoms with Crippen LogP contribution in [-0.4, -0.2) is 57.0 Å². The number of piperazine rings is 1. The van der Waals surface area contributed by atoms with E-state index in [1.807, 2.05) is 16.9 Å². The van der Waals surface area contributed by atoms with Crippen molar-refractivity contribution in [2.75, 3.05) is 26.2 Å². The first kappa shape index (κ1) is 19.3. The standard InChI is InChI=1S/C22H28N4OS/c1-18-13-21(26-8-2-7-23-26)4-3-20(18)15-24-9-10-25(22(16-24)5-11-27)14-19-6-12-28-17-19/h2-4,6-8,12-13,17,22,27H,5,9-11,14-16H2,1H3. The summed E-state index contributed by atoms with van der Waals surface area (Å²) in [6, 6.07) is 11.1. The second-order valence-corrected chi connectivity index (χ2v) is 8.34. The number of hydrogen-bond acceptors (Lipinski definition) is 5. The lowest BCUT2D eigenvalue weighted by Crippen LogP contribution is -2.52. The molecule has 148 valence electrons. The number of aliphatic hydroxyl groups is 1. The lowest BCUT2D eigenvalue weighted by atomic mass is 10.0. The molecule has 0 saturated carbocycles. The first-order valence-corrected chi connectivity index (χ1v) is 10.8. The molecule has 1 aliphatic heterocycles. The van der Waals surface area contributed by atoms with Gasteiger partial charge in [0, 0.05) is 57.8 Å². The van der Waals surface area contributed by atoms with Crippen molar-refractivity contribution in [3.05, 3.63) is 70.2 Å². The van der Waals surface area contributed by atoms with Crippen LogP contribution >= 0.6 is 11.3 Å². The van der Waals surface area contributed by atoms with E-state index in [1.54, 1.807) is 17.5 Å². The second-order valence-electron chi connectivity index (χ2n) is 7.56. The highest BCUT2D eigenvalue weighted by Gasteiger charge is 2.27. The van der Waals surface area contributed by atoms with Gasteiger partial charge in [0.2, 0.25) is 0 Å². The molecule has 5 nitrogen and oxygen atoms in total. The number of nitrogens with zero attached hydrogens (tertiary/aromatic N) is 4. The Balaban J connectivity index is 1.41. The number of aliphatic hydroxyl groups excluding tert-OH is 1. The monoisotopic (exact) mass is 396 g/mol. The molecule has 28 heavy (non-hydrogen) atoms. The van der Waals surface area contributed by atoms with Crippen LogP contribution in [0.2, 0.25) is 0 Å². The molecule has 1 aromatic carbocycles. The average Bonchev–Trinajstić information content (AvgIpc) is 3.40. The normalized spacial score (nSPS) is 18.6. The molecule has 0 aliphatic carbocycles. The summed E-state index contributed by atoms with van der Waals surface area (Å²) in [6.45, 7) is 7.48. The zero-order valence-electron chi connectivity index (χ0n) is 16.4. The number of rotatable bonds is 7. The maximum absolute atomic E-state index is 9.55. The smallest absolute Gasteiger partial charge is 0.0648 e. The van der Waals surface area contributed by atoms with Crippen molar-refractivity contribution in [1.82, 2.24) is 19.6 Å². The molecule has 3 aromatic rings. The Hall–Kier alpha value is -1.99. The third-order valence-corrected chi connectivity index (χ3v) is 6.34. The lowest BCUT2D eigenvalue weighted by Gasteiger charge is -2.41. The van der Waals surface area contributed by atoms with Crippen LogP contribution in [0.15, 0.2) is 53.5 Å². The van der Waals surface area contributed by atoms with Crippen LogP contribution in [0.5, 0.6) is 0 Å². The highest BCUT2D eigenvalue weighted by atomic mass is 32.1. The molecule has 1 unspecified atom stereocenters. The molecule has 1 N–H and O–H groups in total. The lowest BCUT2D eigenvalue weighted by molar-refractivity contribution is 0.0500. The molecule has 1 fully saturated rings. The van der Waals surface area contributed by atoms with Crippen LogP contribution in [0, 0.1) is 6.92 Å². The predicted octanol–water partition coefficient (Wildman–Crippen LogP) is 3.31. The van der Waals surface area contributed by atoms with Crippen LogP contribution in [0.1, 0.15) is 23.1 Å². The molecule has 0 radical (unpaired) electrons.